The highest BCUT2D eigenvalue weighted by atomic mass is 14.9. The predicted molar refractivity (Wildman–Crippen MR) is 81.1 cm³/mol. The topological polar surface area (TPSA) is 24.9 Å². The molecule has 0 saturated heterocycles. The molecule has 1 aromatic heterocycles. The number of nitrogens with zero attached hydrogens (tertiary/aromatic N) is 1. The zero-order chi connectivity index (χ0) is 13.8. The first-order valence-corrected chi connectivity index (χ1v) is 7.75. The molecule has 3 atom stereocenters. The van der Waals surface area contributed by atoms with E-state index in [-0.39, 0.29) is 0 Å². The average molecular weight is 260 g/mol. The highest BCUT2D eigenvalue weighted by Gasteiger charge is 2.31. The lowest BCUT2D eigenvalue weighted by atomic mass is 9.72. The van der Waals surface area contributed by atoms with Gasteiger partial charge in [0.1, 0.15) is 0 Å². The van der Waals surface area contributed by atoms with E-state index in [0.29, 0.717) is 6.04 Å². The molecule has 2 rings (SSSR count). The van der Waals surface area contributed by atoms with Gasteiger partial charge in [-0.1, -0.05) is 20.8 Å². The van der Waals surface area contributed by atoms with Crippen LogP contribution in [-0.2, 0) is 0 Å². The van der Waals surface area contributed by atoms with Gasteiger partial charge in [0, 0.05) is 18.4 Å². The molecule has 1 heterocycles. The van der Waals surface area contributed by atoms with Crippen molar-refractivity contribution in [1.82, 2.24) is 10.3 Å². The standard InChI is InChI=1S/C17H28N2/c1-5-19-17(16-6-7-18-11-14(16)4)15-9-12(2)8-13(3)10-15/h6-7,11-13,15,17,19H,5,8-10H2,1-4H3. The molecule has 19 heavy (non-hydrogen) atoms. The Kier molecular flexibility index (Phi) is 4.98. The number of aromatic nitrogens is 1. The second-order valence-electron chi connectivity index (χ2n) is 6.45. The third kappa shape index (κ3) is 3.56. The van der Waals surface area contributed by atoms with Crippen molar-refractivity contribution in [1.29, 1.82) is 0 Å². The number of nitrogens with one attached hydrogen (secondary N) is 1. The maximum absolute atomic E-state index is 4.23. The van der Waals surface area contributed by atoms with Crippen LogP contribution in [-0.4, -0.2) is 11.5 Å². The smallest absolute Gasteiger partial charge is 0.0352 e. The summed E-state index contributed by atoms with van der Waals surface area (Å²) in [5.41, 5.74) is 2.77. The Morgan fingerprint density at radius 2 is 1.95 bits per heavy atom. The van der Waals surface area contributed by atoms with Gasteiger partial charge < -0.3 is 5.32 Å². The van der Waals surface area contributed by atoms with Gasteiger partial charge in [0.15, 0.2) is 0 Å². The molecule has 1 saturated carbocycles. The molecular formula is C17H28N2. The van der Waals surface area contributed by atoms with Crippen LogP contribution in [0.4, 0.5) is 0 Å². The maximum atomic E-state index is 4.23. The van der Waals surface area contributed by atoms with Crippen molar-refractivity contribution in [3.05, 3.63) is 29.6 Å². The fourth-order valence-corrected chi connectivity index (χ4v) is 3.86. The second-order valence-corrected chi connectivity index (χ2v) is 6.45. The first-order valence-electron chi connectivity index (χ1n) is 7.75. The molecule has 0 amide bonds. The van der Waals surface area contributed by atoms with Crippen LogP contribution in [0, 0.1) is 24.7 Å². The Hall–Kier alpha value is -0.890. The third-order valence-corrected chi connectivity index (χ3v) is 4.51. The predicted octanol–water partition coefficient (Wildman–Crippen LogP) is 4.11. The quantitative estimate of drug-likeness (QED) is 0.881. The Labute approximate surface area is 118 Å². The zero-order valence-electron chi connectivity index (χ0n) is 12.8. The Bertz CT molecular complexity index is 392. The summed E-state index contributed by atoms with van der Waals surface area (Å²) in [6, 6.07) is 2.70. The van der Waals surface area contributed by atoms with Crippen molar-refractivity contribution in [2.24, 2.45) is 17.8 Å². The van der Waals surface area contributed by atoms with Crippen LogP contribution < -0.4 is 5.32 Å². The van der Waals surface area contributed by atoms with Gasteiger partial charge >= 0.3 is 0 Å². The van der Waals surface area contributed by atoms with Gasteiger partial charge in [-0.05, 0) is 67.7 Å². The number of pyridine rings is 1. The second kappa shape index (κ2) is 6.51. The molecule has 3 unspecified atom stereocenters. The lowest BCUT2D eigenvalue weighted by molar-refractivity contribution is 0.177. The highest BCUT2D eigenvalue weighted by Crippen LogP contribution is 2.40. The van der Waals surface area contributed by atoms with Gasteiger partial charge in [0.25, 0.3) is 0 Å². The molecule has 0 aliphatic heterocycles. The first kappa shape index (κ1) is 14.5. The van der Waals surface area contributed by atoms with Crippen molar-refractivity contribution in [3.63, 3.8) is 0 Å². The lowest BCUT2D eigenvalue weighted by Crippen LogP contribution is -2.33. The van der Waals surface area contributed by atoms with Crippen LogP contribution in [0.25, 0.3) is 0 Å². The summed E-state index contributed by atoms with van der Waals surface area (Å²) in [4.78, 5) is 4.23. The van der Waals surface area contributed by atoms with Crippen molar-refractivity contribution >= 4 is 0 Å². The minimum Gasteiger partial charge on any atom is -0.310 e. The summed E-state index contributed by atoms with van der Waals surface area (Å²) in [7, 11) is 0. The molecule has 106 valence electrons. The van der Waals surface area contributed by atoms with Crippen LogP contribution in [0.5, 0.6) is 0 Å². The Balaban J connectivity index is 2.22. The largest absolute Gasteiger partial charge is 0.310 e. The minimum absolute atomic E-state index is 0.498. The lowest BCUT2D eigenvalue weighted by Gasteiger charge is -2.37. The molecule has 1 aliphatic carbocycles. The summed E-state index contributed by atoms with van der Waals surface area (Å²) in [5.74, 6) is 2.48. The van der Waals surface area contributed by atoms with Crippen molar-refractivity contribution in [3.8, 4) is 0 Å². The van der Waals surface area contributed by atoms with Gasteiger partial charge in [-0.15, -0.1) is 0 Å². The molecule has 0 spiro atoms. The van der Waals surface area contributed by atoms with Crippen molar-refractivity contribution in [2.45, 2.75) is 53.0 Å². The fraction of sp³-hybridized carbons (Fsp3) is 0.706. The summed E-state index contributed by atoms with van der Waals surface area (Å²) < 4.78 is 0. The Morgan fingerprint density at radius 1 is 1.26 bits per heavy atom. The van der Waals surface area contributed by atoms with E-state index >= 15 is 0 Å². The van der Waals surface area contributed by atoms with Gasteiger partial charge in [-0.3, -0.25) is 4.98 Å². The summed E-state index contributed by atoms with van der Waals surface area (Å²) in [5, 5.41) is 3.72. The molecule has 1 aromatic rings. The first-order chi connectivity index (χ1) is 9.11. The summed E-state index contributed by atoms with van der Waals surface area (Å²) >= 11 is 0. The van der Waals surface area contributed by atoms with Crippen LogP contribution in [0.15, 0.2) is 18.5 Å². The molecule has 2 nitrogen and oxygen atoms in total. The molecule has 1 fully saturated rings. The number of aryl methyl sites for hydroxylation is 1. The molecule has 0 aromatic carbocycles. The van der Waals surface area contributed by atoms with Gasteiger partial charge in [0.05, 0.1) is 0 Å². The van der Waals surface area contributed by atoms with Crippen LogP contribution >= 0.6 is 0 Å². The molecular weight excluding hydrogens is 232 g/mol. The van der Waals surface area contributed by atoms with Gasteiger partial charge in [0.2, 0.25) is 0 Å². The van der Waals surface area contributed by atoms with E-state index in [1.54, 1.807) is 0 Å². The minimum atomic E-state index is 0.498. The van der Waals surface area contributed by atoms with E-state index in [0.717, 1.165) is 24.3 Å². The Morgan fingerprint density at radius 3 is 2.53 bits per heavy atom. The van der Waals surface area contributed by atoms with E-state index in [9.17, 15) is 0 Å². The number of hydrogen-bond acceptors (Lipinski definition) is 2. The van der Waals surface area contributed by atoms with E-state index in [1.165, 1.54) is 30.4 Å². The fourth-order valence-electron chi connectivity index (χ4n) is 3.86. The molecule has 1 aliphatic rings. The zero-order valence-corrected chi connectivity index (χ0v) is 12.8. The van der Waals surface area contributed by atoms with E-state index in [2.05, 4.69) is 44.1 Å². The normalized spacial score (nSPS) is 29.2. The molecule has 2 heteroatoms. The van der Waals surface area contributed by atoms with E-state index < -0.39 is 0 Å². The van der Waals surface area contributed by atoms with Crippen LogP contribution in [0.2, 0.25) is 0 Å². The van der Waals surface area contributed by atoms with Crippen molar-refractivity contribution in [2.75, 3.05) is 6.54 Å². The van der Waals surface area contributed by atoms with Gasteiger partial charge in [-0.2, -0.15) is 0 Å². The number of hydrogen-bond donors (Lipinski definition) is 1. The summed E-state index contributed by atoms with van der Waals surface area (Å²) in [6.07, 6.45) is 8.02. The van der Waals surface area contributed by atoms with E-state index in [1.807, 2.05) is 12.4 Å². The van der Waals surface area contributed by atoms with Crippen LogP contribution in [0.1, 0.15) is 57.2 Å². The maximum Gasteiger partial charge on any atom is 0.0352 e. The molecule has 0 radical (unpaired) electrons. The van der Waals surface area contributed by atoms with Gasteiger partial charge in [-0.25, -0.2) is 0 Å². The molecule has 0 bridgehead atoms. The number of rotatable bonds is 4. The summed E-state index contributed by atoms with van der Waals surface area (Å²) in [6.45, 7) is 10.2. The monoisotopic (exact) mass is 260 g/mol. The third-order valence-electron chi connectivity index (χ3n) is 4.51. The highest BCUT2D eigenvalue weighted by molar-refractivity contribution is 5.26. The van der Waals surface area contributed by atoms with Crippen LogP contribution in [0.3, 0.4) is 0 Å². The van der Waals surface area contributed by atoms with Crippen molar-refractivity contribution < 1.29 is 0 Å². The average Bonchev–Trinajstić information content (AvgIpc) is 2.36. The molecule has 1 N–H and O–H groups in total. The SMILES string of the molecule is CCNC(c1ccncc1C)C1CC(C)CC(C)C1. The van der Waals surface area contributed by atoms with E-state index in [4.69, 9.17) is 0 Å².